The number of benzene rings is 1. The Bertz CT molecular complexity index is 692. The molecule has 2 heterocycles. The first kappa shape index (κ1) is 11.2. The summed E-state index contributed by atoms with van der Waals surface area (Å²) in [6.07, 6.45) is 0. The van der Waals surface area contributed by atoms with Gasteiger partial charge in [-0.25, -0.2) is 4.39 Å². The number of aromatic nitrogens is 2. The Labute approximate surface area is 107 Å². The lowest BCUT2D eigenvalue weighted by Crippen LogP contribution is -1.97. The monoisotopic (exact) mass is 263 g/mol. The van der Waals surface area contributed by atoms with Gasteiger partial charge >= 0.3 is 0 Å². The highest BCUT2D eigenvalue weighted by atomic mass is 32.1. The molecule has 4 nitrogen and oxygen atoms in total. The van der Waals surface area contributed by atoms with Crippen LogP contribution in [0.5, 0.6) is 0 Å². The van der Waals surface area contributed by atoms with Crippen molar-refractivity contribution in [1.29, 1.82) is 0 Å². The average Bonchev–Trinajstić information content (AvgIpc) is 2.95. The third kappa shape index (κ3) is 1.74. The van der Waals surface area contributed by atoms with E-state index in [4.69, 9.17) is 4.42 Å². The summed E-state index contributed by atoms with van der Waals surface area (Å²) in [7, 11) is 0. The molecule has 0 fully saturated rings. The zero-order valence-corrected chi connectivity index (χ0v) is 10.4. The van der Waals surface area contributed by atoms with Crippen LogP contribution in [0.15, 0.2) is 28.7 Å². The minimum Gasteiger partial charge on any atom is -0.451 e. The van der Waals surface area contributed by atoms with Crippen molar-refractivity contribution in [2.75, 3.05) is 11.9 Å². The molecule has 92 valence electrons. The van der Waals surface area contributed by atoms with E-state index in [2.05, 4.69) is 14.1 Å². The lowest BCUT2D eigenvalue weighted by molar-refractivity contribution is 0.568. The highest BCUT2D eigenvalue weighted by Gasteiger charge is 2.16. The molecule has 3 rings (SSSR count). The first-order valence-electron chi connectivity index (χ1n) is 5.54. The Morgan fingerprint density at radius 3 is 3.06 bits per heavy atom. The zero-order valence-electron chi connectivity index (χ0n) is 9.61. The number of furan rings is 1. The second kappa shape index (κ2) is 4.38. The maximum Gasteiger partial charge on any atom is 0.171 e. The van der Waals surface area contributed by atoms with Crippen molar-refractivity contribution in [3.8, 4) is 11.5 Å². The van der Waals surface area contributed by atoms with Gasteiger partial charge in [0.1, 0.15) is 0 Å². The fourth-order valence-electron chi connectivity index (χ4n) is 1.78. The van der Waals surface area contributed by atoms with Crippen LogP contribution in [-0.4, -0.2) is 15.3 Å². The van der Waals surface area contributed by atoms with E-state index in [0.29, 0.717) is 17.3 Å². The third-order valence-corrected chi connectivity index (χ3v) is 3.09. The van der Waals surface area contributed by atoms with Crippen molar-refractivity contribution in [1.82, 2.24) is 8.75 Å². The van der Waals surface area contributed by atoms with E-state index in [1.807, 2.05) is 6.92 Å². The molecule has 0 aliphatic rings. The van der Waals surface area contributed by atoms with E-state index >= 15 is 0 Å². The van der Waals surface area contributed by atoms with Crippen LogP contribution >= 0.6 is 11.7 Å². The summed E-state index contributed by atoms with van der Waals surface area (Å²) in [6, 6.07) is 6.61. The predicted molar refractivity (Wildman–Crippen MR) is 69.2 cm³/mol. The van der Waals surface area contributed by atoms with Gasteiger partial charge in [0, 0.05) is 11.9 Å². The molecule has 0 aliphatic carbocycles. The predicted octanol–water partition coefficient (Wildman–Crippen LogP) is 3.52. The van der Waals surface area contributed by atoms with Crippen molar-refractivity contribution < 1.29 is 8.81 Å². The number of nitrogens with zero attached hydrogens (tertiary/aromatic N) is 2. The molecule has 3 aromatic rings. The molecule has 0 unspecified atom stereocenters. The van der Waals surface area contributed by atoms with Crippen LogP contribution in [0.3, 0.4) is 0 Å². The highest BCUT2D eigenvalue weighted by molar-refractivity contribution is 6.99. The van der Waals surface area contributed by atoms with Gasteiger partial charge in [-0.05, 0) is 19.1 Å². The van der Waals surface area contributed by atoms with E-state index < -0.39 is 0 Å². The van der Waals surface area contributed by atoms with Crippen LogP contribution in [0.2, 0.25) is 0 Å². The van der Waals surface area contributed by atoms with Gasteiger partial charge in [0.05, 0.1) is 11.7 Å². The van der Waals surface area contributed by atoms with E-state index in [-0.39, 0.29) is 11.4 Å². The number of para-hydroxylation sites is 1. The molecule has 6 heteroatoms. The number of halogens is 1. The summed E-state index contributed by atoms with van der Waals surface area (Å²) >= 11 is 1.10. The minimum absolute atomic E-state index is 0.253. The van der Waals surface area contributed by atoms with Crippen molar-refractivity contribution in [3.63, 3.8) is 0 Å². The van der Waals surface area contributed by atoms with Gasteiger partial charge in [-0.3, -0.25) is 0 Å². The summed E-state index contributed by atoms with van der Waals surface area (Å²) in [5.74, 6) is 0.828. The number of hydrogen-bond donors (Lipinski definition) is 1. The van der Waals surface area contributed by atoms with Crippen molar-refractivity contribution >= 4 is 28.5 Å². The van der Waals surface area contributed by atoms with Crippen LogP contribution in [0.4, 0.5) is 10.2 Å². The van der Waals surface area contributed by atoms with Gasteiger partial charge in [-0.2, -0.15) is 8.75 Å². The fourth-order valence-corrected chi connectivity index (χ4v) is 2.31. The van der Waals surface area contributed by atoms with Gasteiger partial charge in [-0.15, -0.1) is 0 Å². The van der Waals surface area contributed by atoms with Crippen LogP contribution in [-0.2, 0) is 0 Å². The Morgan fingerprint density at radius 2 is 2.28 bits per heavy atom. The lowest BCUT2D eigenvalue weighted by atomic mass is 10.2. The molecule has 1 N–H and O–H groups in total. The summed E-state index contributed by atoms with van der Waals surface area (Å²) in [6.45, 7) is 2.72. The molecular formula is C12H10FN3OS. The molecule has 1 aromatic carbocycles. The molecule has 0 amide bonds. The van der Waals surface area contributed by atoms with Gasteiger partial charge in [0.2, 0.25) is 0 Å². The fraction of sp³-hybridized carbons (Fsp3) is 0.167. The maximum atomic E-state index is 13.5. The van der Waals surface area contributed by atoms with Crippen molar-refractivity contribution in [2.24, 2.45) is 0 Å². The quantitative estimate of drug-likeness (QED) is 0.785. The van der Waals surface area contributed by atoms with Gasteiger partial charge in [0.25, 0.3) is 0 Å². The lowest BCUT2D eigenvalue weighted by Gasteiger charge is -1.98. The molecule has 0 spiro atoms. The van der Waals surface area contributed by atoms with Gasteiger partial charge in [0.15, 0.2) is 28.7 Å². The molecular weight excluding hydrogens is 253 g/mol. The van der Waals surface area contributed by atoms with Crippen LogP contribution in [0.25, 0.3) is 22.4 Å². The number of anilines is 1. The topological polar surface area (TPSA) is 51.0 Å². The Balaban J connectivity index is 2.14. The summed E-state index contributed by atoms with van der Waals surface area (Å²) in [5.41, 5.74) is 0.875. The molecule has 0 saturated carbocycles. The number of fused-ring (bicyclic) bond motifs is 1. The first-order chi connectivity index (χ1) is 8.79. The Morgan fingerprint density at radius 1 is 1.39 bits per heavy atom. The minimum atomic E-state index is -0.369. The smallest absolute Gasteiger partial charge is 0.171 e. The van der Waals surface area contributed by atoms with Crippen LogP contribution in [0.1, 0.15) is 6.92 Å². The van der Waals surface area contributed by atoms with E-state index in [9.17, 15) is 4.39 Å². The van der Waals surface area contributed by atoms with E-state index in [1.54, 1.807) is 18.2 Å². The Hall–Kier alpha value is -1.95. The van der Waals surface area contributed by atoms with E-state index in [1.165, 1.54) is 6.07 Å². The summed E-state index contributed by atoms with van der Waals surface area (Å²) in [4.78, 5) is 0. The Kier molecular flexibility index (Phi) is 2.71. The summed E-state index contributed by atoms with van der Waals surface area (Å²) in [5, 5.41) is 3.82. The van der Waals surface area contributed by atoms with E-state index in [0.717, 1.165) is 23.7 Å². The molecule has 18 heavy (non-hydrogen) atoms. The highest BCUT2D eigenvalue weighted by Crippen LogP contribution is 2.32. The van der Waals surface area contributed by atoms with Gasteiger partial charge < -0.3 is 9.73 Å². The molecule has 0 aliphatic heterocycles. The first-order valence-corrected chi connectivity index (χ1v) is 6.27. The maximum absolute atomic E-state index is 13.5. The van der Waals surface area contributed by atoms with Crippen molar-refractivity contribution in [3.05, 3.63) is 30.1 Å². The van der Waals surface area contributed by atoms with Crippen LogP contribution < -0.4 is 5.32 Å². The average molecular weight is 263 g/mol. The molecule has 0 atom stereocenters. The zero-order chi connectivity index (χ0) is 12.5. The molecule has 0 saturated heterocycles. The van der Waals surface area contributed by atoms with Gasteiger partial charge in [-0.1, -0.05) is 12.1 Å². The number of hydrogen-bond acceptors (Lipinski definition) is 5. The standard InChI is InChI=1S/C12H10FN3OS/c1-2-14-12-10(15-18-16-12)9-6-7-4-3-5-8(13)11(7)17-9/h3-6H,2H2,1H3,(H,14,16). The molecule has 0 radical (unpaired) electrons. The number of nitrogens with one attached hydrogen (secondary N) is 1. The largest absolute Gasteiger partial charge is 0.451 e. The third-order valence-electron chi connectivity index (χ3n) is 2.56. The summed E-state index contributed by atoms with van der Waals surface area (Å²) < 4.78 is 27.4. The molecule has 0 bridgehead atoms. The SMILES string of the molecule is CCNc1nsnc1-c1cc2cccc(F)c2o1. The molecule has 2 aromatic heterocycles. The normalized spacial score (nSPS) is 11.0. The second-order valence-corrected chi connectivity index (χ2v) is 4.29. The number of rotatable bonds is 3. The second-order valence-electron chi connectivity index (χ2n) is 3.76. The van der Waals surface area contributed by atoms with Crippen molar-refractivity contribution in [2.45, 2.75) is 6.92 Å². The van der Waals surface area contributed by atoms with Crippen LogP contribution in [0, 0.1) is 5.82 Å².